The van der Waals surface area contributed by atoms with Crippen LogP contribution >= 0.6 is 0 Å². The molecule has 0 aromatic heterocycles. The standard InChI is InChI=1S/C18H13F3N2O4/c1-16-6-11(24)17(2,27-16)13-12(16)14(25)23(15(13)26)9-4-3-8(7-22)10(5-9)18(19,20)21/h3-5,12-13H,6H2,1-2H3/t12-,13+,16-,17+/m0/s1. The second-order valence-corrected chi connectivity index (χ2v) is 7.43. The number of carbonyl (C=O) groups is 3. The molecule has 0 aliphatic carbocycles. The van der Waals surface area contributed by atoms with E-state index in [0.717, 1.165) is 12.1 Å². The Morgan fingerprint density at radius 3 is 2.41 bits per heavy atom. The molecule has 3 saturated heterocycles. The molecule has 4 rings (SSSR count). The second-order valence-electron chi connectivity index (χ2n) is 7.43. The largest absolute Gasteiger partial charge is 0.417 e. The van der Waals surface area contributed by atoms with Gasteiger partial charge in [-0.15, -0.1) is 0 Å². The van der Waals surface area contributed by atoms with Gasteiger partial charge in [-0.2, -0.15) is 18.4 Å². The van der Waals surface area contributed by atoms with E-state index in [9.17, 15) is 27.6 Å². The Balaban J connectivity index is 1.82. The van der Waals surface area contributed by atoms with Crippen LogP contribution in [0.1, 0.15) is 31.4 Å². The number of benzene rings is 1. The van der Waals surface area contributed by atoms with Gasteiger partial charge in [0.05, 0.1) is 40.3 Å². The van der Waals surface area contributed by atoms with Crippen LogP contribution in [0.4, 0.5) is 18.9 Å². The SMILES string of the molecule is C[C@@]12CC(=O)[C@@](C)(O1)[C@H]1C(=O)N(c3ccc(C#N)c(C(F)(F)F)c3)C(=O)[C@H]12. The molecule has 1 aromatic rings. The van der Waals surface area contributed by atoms with E-state index in [1.807, 2.05) is 0 Å². The van der Waals surface area contributed by atoms with E-state index >= 15 is 0 Å². The Hall–Kier alpha value is -2.73. The van der Waals surface area contributed by atoms with Crippen LogP contribution in [0.15, 0.2) is 18.2 Å². The number of hydrogen-bond acceptors (Lipinski definition) is 5. The first kappa shape index (κ1) is 17.7. The Labute approximate surface area is 151 Å². The molecule has 3 aliphatic heterocycles. The second kappa shape index (κ2) is 4.95. The zero-order valence-corrected chi connectivity index (χ0v) is 14.3. The molecule has 3 heterocycles. The molecule has 3 fully saturated rings. The molecular weight excluding hydrogens is 365 g/mol. The average molecular weight is 378 g/mol. The Kier molecular flexibility index (Phi) is 3.24. The van der Waals surface area contributed by atoms with Crippen molar-refractivity contribution in [3.05, 3.63) is 29.3 Å². The summed E-state index contributed by atoms with van der Waals surface area (Å²) in [5.41, 5.74) is -4.72. The van der Waals surface area contributed by atoms with Gasteiger partial charge in [0.15, 0.2) is 5.78 Å². The first-order chi connectivity index (χ1) is 12.4. The van der Waals surface area contributed by atoms with E-state index in [4.69, 9.17) is 10.00 Å². The maximum Gasteiger partial charge on any atom is 0.417 e. The predicted octanol–water partition coefficient (Wildman–Crippen LogP) is 2.20. The molecule has 0 N–H and O–H groups in total. The lowest BCUT2D eigenvalue weighted by atomic mass is 9.68. The molecule has 0 radical (unpaired) electrons. The molecule has 9 heteroatoms. The summed E-state index contributed by atoms with van der Waals surface area (Å²) >= 11 is 0. The number of hydrogen-bond donors (Lipinski definition) is 0. The maximum absolute atomic E-state index is 13.2. The van der Waals surface area contributed by atoms with Gasteiger partial charge < -0.3 is 4.74 Å². The van der Waals surface area contributed by atoms with Crippen LogP contribution in [0.25, 0.3) is 0 Å². The van der Waals surface area contributed by atoms with Gasteiger partial charge in [0, 0.05) is 6.42 Å². The fraction of sp³-hybridized carbons (Fsp3) is 0.444. The van der Waals surface area contributed by atoms with Gasteiger partial charge in [0.25, 0.3) is 0 Å². The number of anilines is 1. The fourth-order valence-corrected chi connectivity index (χ4v) is 4.58. The van der Waals surface area contributed by atoms with E-state index < -0.39 is 52.2 Å². The number of ether oxygens (including phenoxy) is 1. The van der Waals surface area contributed by atoms with Gasteiger partial charge in [0.2, 0.25) is 11.8 Å². The lowest BCUT2D eigenvalue weighted by Gasteiger charge is -2.26. The summed E-state index contributed by atoms with van der Waals surface area (Å²) in [6.07, 6.45) is -4.85. The predicted molar refractivity (Wildman–Crippen MR) is 83.2 cm³/mol. The minimum atomic E-state index is -4.82. The molecule has 27 heavy (non-hydrogen) atoms. The minimum Gasteiger partial charge on any atom is -0.359 e. The molecule has 2 amide bonds. The third kappa shape index (κ3) is 2.07. The number of carbonyl (C=O) groups excluding carboxylic acids is 3. The van der Waals surface area contributed by atoms with Gasteiger partial charge in [-0.25, -0.2) is 4.90 Å². The number of imide groups is 1. The van der Waals surface area contributed by atoms with Crippen molar-refractivity contribution in [2.24, 2.45) is 11.8 Å². The zero-order chi connectivity index (χ0) is 19.9. The molecule has 140 valence electrons. The molecule has 0 spiro atoms. The highest BCUT2D eigenvalue weighted by atomic mass is 19.4. The van der Waals surface area contributed by atoms with Crippen molar-refractivity contribution in [1.82, 2.24) is 0 Å². The summed E-state index contributed by atoms with van der Waals surface area (Å²) < 4.78 is 45.4. The summed E-state index contributed by atoms with van der Waals surface area (Å²) in [6.45, 7) is 3.01. The summed E-state index contributed by atoms with van der Waals surface area (Å²) in [6, 6.07) is 4.11. The molecule has 4 atom stereocenters. The smallest absolute Gasteiger partial charge is 0.359 e. The van der Waals surface area contributed by atoms with Crippen LogP contribution < -0.4 is 4.90 Å². The van der Waals surface area contributed by atoms with Crippen LogP contribution in [-0.2, 0) is 25.3 Å². The number of rotatable bonds is 1. The lowest BCUT2D eigenvalue weighted by Crippen LogP contribution is -2.46. The fourth-order valence-electron chi connectivity index (χ4n) is 4.58. The summed E-state index contributed by atoms with van der Waals surface area (Å²) in [5, 5.41) is 8.90. The number of nitrogens with zero attached hydrogens (tertiary/aromatic N) is 2. The van der Waals surface area contributed by atoms with Crippen molar-refractivity contribution < 1.29 is 32.3 Å². The van der Waals surface area contributed by atoms with Crippen LogP contribution in [0, 0.1) is 23.2 Å². The average Bonchev–Trinajstić information content (AvgIpc) is 3.07. The monoisotopic (exact) mass is 378 g/mol. The van der Waals surface area contributed by atoms with Crippen LogP contribution in [0.2, 0.25) is 0 Å². The lowest BCUT2D eigenvalue weighted by molar-refractivity contribution is -0.140. The van der Waals surface area contributed by atoms with Crippen molar-refractivity contribution in [3.8, 4) is 6.07 Å². The molecule has 0 unspecified atom stereocenters. The number of amides is 2. The van der Waals surface area contributed by atoms with Crippen molar-refractivity contribution in [2.75, 3.05) is 4.90 Å². The molecule has 6 nitrogen and oxygen atoms in total. The van der Waals surface area contributed by atoms with Gasteiger partial charge in [0.1, 0.15) is 5.60 Å². The molecule has 3 aliphatic rings. The van der Waals surface area contributed by atoms with Crippen LogP contribution in [0.3, 0.4) is 0 Å². The highest BCUT2D eigenvalue weighted by Crippen LogP contribution is 2.59. The Morgan fingerprint density at radius 2 is 1.81 bits per heavy atom. The number of halogens is 3. The third-order valence-electron chi connectivity index (χ3n) is 5.76. The number of Topliss-reactive ketones (excluding diaryl/α,β-unsaturated/α-hetero) is 1. The molecule has 0 saturated carbocycles. The number of nitriles is 1. The maximum atomic E-state index is 13.2. The summed E-state index contributed by atoms with van der Waals surface area (Å²) in [5.74, 6) is -3.76. The van der Waals surface area contributed by atoms with Gasteiger partial charge in [-0.3, -0.25) is 14.4 Å². The van der Waals surface area contributed by atoms with E-state index in [1.165, 1.54) is 13.0 Å². The third-order valence-corrected chi connectivity index (χ3v) is 5.76. The van der Waals surface area contributed by atoms with E-state index in [2.05, 4.69) is 0 Å². The van der Waals surface area contributed by atoms with Gasteiger partial charge in [-0.05, 0) is 32.0 Å². The van der Waals surface area contributed by atoms with Crippen molar-refractivity contribution >= 4 is 23.3 Å². The first-order valence-electron chi connectivity index (χ1n) is 8.17. The molecule has 2 bridgehead atoms. The number of fused-ring (bicyclic) bond motifs is 5. The zero-order valence-electron chi connectivity index (χ0n) is 14.3. The molecule has 1 aromatic carbocycles. The van der Waals surface area contributed by atoms with Crippen molar-refractivity contribution in [3.63, 3.8) is 0 Å². The first-order valence-corrected chi connectivity index (χ1v) is 8.17. The Bertz CT molecular complexity index is 966. The minimum absolute atomic E-state index is 0.0291. The Morgan fingerprint density at radius 1 is 1.19 bits per heavy atom. The topological polar surface area (TPSA) is 87.5 Å². The van der Waals surface area contributed by atoms with E-state index in [0.29, 0.717) is 11.0 Å². The summed E-state index contributed by atoms with van der Waals surface area (Å²) in [7, 11) is 0. The summed E-state index contributed by atoms with van der Waals surface area (Å²) in [4.78, 5) is 38.8. The highest BCUT2D eigenvalue weighted by Gasteiger charge is 2.76. The van der Waals surface area contributed by atoms with Crippen molar-refractivity contribution in [1.29, 1.82) is 5.26 Å². The van der Waals surface area contributed by atoms with Crippen LogP contribution in [-0.4, -0.2) is 28.8 Å². The van der Waals surface area contributed by atoms with Crippen LogP contribution in [0.5, 0.6) is 0 Å². The quantitative estimate of drug-likeness (QED) is 0.699. The number of alkyl halides is 3. The van der Waals surface area contributed by atoms with Gasteiger partial charge in [-0.1, -0.05) is 0 Å². The van der Waals surface area contributed by atoms with E-state index in [-0.39, 0.29) is 17.9 Å². The normalized spacial score (nSPS) is 35.0. The number of ketones is 1. The highest BCUT2D eigenvalue weighted by molar-refractivity contribution is 6.25. The van der Waals surface area contributed by atoms with Gasteiger partial charge >= 0.3 is 6.18 Å². The molecular formula is C18H13F3N2O4. The van der Waals surface area contributed by atoms with E-state index in [1.54, 1.807) is 6.92 Å². The van der Waals surface area contributed by atoms with Crippen molar-refractivity contribution in [2.45, 2.75) is 37.6 Å².